The molecule has 0 bridgehead atoms. The second-order valence-electron chi connectivity index (χ2n) is 3.76. The molecule has 1 amide bonds. The highest BCUT2D eigenvalue weighted by Crippen LogP contribution is 2.19. The fraction of sp³-hybridized carbons (Fsp3) is 0.167. The number of nitrogens with one attached hydrogen (secondary N) is 1. The number of anilines is 1. The van der Waals surface area contributed by atoms with Crippen molar-refractivity contribution in [3.8, 4) is 0 Å². The fourth-order valence-electron chi connectivity index (χ4n) is 1.41. The van der Waals surface area contributed by atoms with E-state index in [4.69, 9.17) is 4.52 Å². The van der Waals surface area contributed by atoms with Crippen LogP contribution in [0.3, 0.4) is 0 Å². The summed E-state index contributed by atoms with van der Waals surface area (Å²) in [4.78, 5) is 11.9. The number of carbonyl (C=O) groups excluding carboxylic acids is 1. The van der Waals surface area contributed by atoms with Crippen LogP contribution < -0.4 is 5.32 Å². The number of hydrogen-bond acceptors (Lipinski definition) is 3. The van der Waals surface area contributed by atoms with Crippen molar-refractivity contribution in [1.29, 1.82) is 0 Å². The lowest BCUT2D eigenvalue weighted by Crippen LogP contribution is -2.12. The molecule has 0 unspecified atom stereocenters. The Balaban J connectivity index is 2.20. The van der Waals surface area contributed by atoms with Gasteiger partial charge in [-0.1, -0.05) is 11.2 Å². The Morgan fingerprint density at radius 1 is 1.35 bits per heavy atom. The molecular weight excluding hydrogens is 284 g/mol. The standard InChI is InChI=1S/C12H11BrN2O2/c1-7-3-4-9(10(13)5-7)12(16)14-11-6-8(2)17-15-11/h3-6H,1-2H3,(H,14,15,16). The van der Waals surface area contributed by atoms with Gasteiger partial charge in [0.1, 0.15) is 5.76 Å². The molecule has 0 aliphatic rings. The van der Waals surface area contributed by atoms with Gasteiger partial charge in [-0.15, -0.1) is 0 Å². The van der Waals surface area contributed by atoms with Crippen molar-refractivity contribution in [3.63, 3.8) is 0 Å². The second-order valence-corrected chi connectivity index (χ2v) is 4.61. The van der Waals surface area contributed by atoms with E-state index in [1.165, 1.54) is 0 Å². The Morgan fingerprint density at radius 3 is 2.71 bits per heavy atom. The zero-order chi connectivity index (χ0) is 12.4. The first-order chi connectivity index (χ1) is 8.06. The number of benzene rings is 1. The van der Waals surface area contributed by atoms with E-state index in [-0.39, 0.29) is 5.91 Å². The molecule has 0 radical (unpaired) electrons. The minimum absolute atomic E-state index is 0.217. The van der Waals surface area contributed by atoms with Gasteiger partial charge in [0.2, 0.25) is 0 Å². The molecule has 17 heavy (non-hydrogen) atoms. The Bertz CT molecular complexity index is 563. The number of amides is 1. The van der Waals surface area contributed by atoms with E-state index < -0.39 is 0 Å². The summed E-state index contributed by atoms with van der Waals surface area (Å²) in [6.45, 7) is 3.73. The summed E-state index contributed by atoms with van der Waals surface area (Å²) in [5, 5.41) is 6.37. The van der Waals surface area contributed by atoms with Crippen molar-refractivity contribution < 1.29 is 9.32 Å². The largest absolute Gasteiger partial charge is 0.360 e. The van der Waals surface area contributed by atoms with Crippen LogP contribution in [-0.4, -0.2) is 11.1 Å². The summed E-state index contributed by atoms with van der Waals surface area (Å²) in [5.74, 6) is 0.855. The first-order valence-electron chi connectivity index (χ1n) is 5.07. The number of carbonyl (C=O) groups is 1. The molecule has 4 nitrogen and oxygen atoms in total. The molecular formula is C12H11BrN2O2. The van der Waals surface area contributed by atoms with Crippen molar-refractivity contribution in [2.75, 3.05) is 5.32 Å². The fourth-order valence-corrected chi connectivity index (χ4v) is 2.09. The van der Waals surface area contributed by atoms with Crippen LogP contribution in [0.2, 0.25) is 0 Å². The third kappa shape index (κ3) is 2.74. The van der Waals surface area contributed by atoms with Gasteiger partial charge in [0.25, 0.3) is 5.91 Å². The zero-order valence-electron chi connectivity index (χ0n) is 9.45. The van der Waals surface area contributed by atoms with Gasteiger partial charge in [0, 0.05) is 10.5 Å². The molecule has 5 heteroatoms. The van der Waals surface area contributed by atoms with Crippen LogP contribution in [0, 0.1) is 13.8 Å². The summed E-state index contributed by atoms with van der Waals surface area (Å²) >= 11 is 3.36. The number of hydrogen-bond donors (Lipinski definition) is 1. The van der Waals surface area contributed by atoms with Crippen LogP contribution in [-0.2, 0) is 0 Å². The lowest BCUT2D eigenvalue weighted by atomic mass is 10.1. The van der Waals surface area contributed by atoms with Crippen LogP contribution in [0.5, 0.6) is 0 Å². The number of aromatic nitrogens is 1. The maximum atomic E-state index is 11.9. The van der Waals surface area contributed by atoms with Crippen LogP contribution in [0.15, 0.2) is 33.3 Å². The third-order valence-electron chi connectivity index (χ3n) is 2.24. The Kier molecular flexibility index (Phi) is 3.28. The van der Waals surface area contributed by atoms with Gasteiger partial charge in [-0.3, -0.25) is 4.79 Å². The number of rotatable bonds is 2. The molecule has 2 rings (SSSR count). The van der Waals surface area contributed by atoms with Gasteiger partial charge in [-0.25, -0.2) is 0 Å². The summed E-state index contributed by atoms with van der Waals surface area (Å²) in [6, 6.07) is 7.21. The molecule has 1 N–H and O–H groups in total. The zero-order valence-corrected chi connectivity index (χ0v) is 11.0. The van der Waals surface area contributed by atoms with E-state index in [0.717, 1.165) is 10.0 Å². The summed E-state index contributed by atoms with van der Waals surface area (Å²) < 4.78 is 5.63. The van der Waals surface area contributed by atoms with Crippen LogP contribution in [0.4, 0.5) is 5.82 Å². The average molecular weight is 295 g/mol. The SMILES string of the molecule is Cc1ccc(C(=O)Nc2cc(C)on2)c(Br)c1. The Morgan fingerprint density at radius 2 is 2.12 bits per heavy atom. The van der Waals surface area contributed by atoms with E-state index in [0.29, 0.717) is 17.1 Å². The molecule has 88 valence electrons. The Hall–Kier alpha value is -1.62. The molecule has 0 saturated heterocycles. The maximum Gasteiger partial charge on any atom is 0.258 e. The van der Waals surface area contributed by atoms with E-state index in [2.05, 4.69) is 26.4 Å². The number of halogens is 1. The first kappa shape index (κ1) is 11.9. The van der Waals surface area contributed by atoms with E-state index in [1.54, 1.807) is 19.1 Å². The molecule has 0 aliphatic heterocycles. The predicted octanol–water partition coefficient (Wildman–Crippen LogP) is 3.31. The normalized spacial score (nSPS) is 10.3. The monoisotopic (exact) mass is 294 g/mol. The van der Waals surface area contributed by atoms with Crippen molar-refractivity contribution >= 4 is 27.7 Å². The smallest absolute Gasteiger partial charge is 0.258 e. The van der Waals surface area contributed by atoms with Crippen LogP contribution in [0.25, 0.3) is 0 Å². The third-order valence-corrected chi connectivity index (χ3v) is 2.89. The molecule has 0 atom stereocenters. The van der Waals surface area contributed by atoms with E-state index in [9.17, 15) is 4.79 Å². The molecule has 1 heterocycles. The Labute approximate surface area is 107 Å². The van der Waals surface area contributed by atoms with Gasteiger partial charge in [0.15, 0.2) is 5.82 Å². The van der Waals surface area contributed by atoms with Gasteiger partial charge in [-0.05, 0) is 47.5 Å². The quantitative estimate of drug-likeness (QED) is 0.924. The highest BCUT2D eigenvalue weighted by atomic mass is 79.9. The molecule has 2 aromatic rings. The lowest BCUT2D eigenvalue weighted by molar-refractivity contribution is 0.102. The molecule has 0 spiro atoms. The average Bonchev–Trinajstić information content (AvgIpc) is 2.63. The van der Waals surface area contributed by atoms with E-state index in [1.807, 2.05) is 19.1 Å². The summed E-state index contributed by atoms with van der Waals surface area (Å²) in [6.07, 6.45) is 0. The molecule has 0 saturated carbocycles. The maximum absolute atomic E-state index is 11.9. The first-order valence-corrected chi connectivity index (χ1v) is 5.86. The minimum atomic E-state index is -0.217. The highest BCUT2D eigenvalue weighted by molar-refractivity contribution is 9.10. The van der Waals surface area contributed by atoms with Crippen molar-refractivity contribution in [3.05, 3.63) is 45.6 Å². The van der Waals surface area contributed by atoms with Gasteiger partial charge in [0.05, 0.1) is 5.56 Å². The summed E-state index contributed by atoms with van der Waals surface area (Å²) in [5.41, 5.74) is 1.65. The number of nitrogens with zero attached hydrogens (tertiary/aromatic N) is 1. The highest BCUT2D eigenvalue weighted by Gasteiger charge is 2.11. The topological polar surface area (TPSA) is 55.1 Å². The van der Waals surface area contributed by atoms with Crippen molar-refractivity contribution in [2.45, 2.75) is 13.8 Å². The minimum Gasteiger partial charge on any atom is -0.360 e. The molecule has 0 aliphatic carbocycles. The number of aryl methyl sites for hydroxylation is 2. The molecule has 0 fully saturated rings. The van der Waals surface area contributed by atoms with E-state index >= 15 is 0 Å². The second kappa shape index (κ2) is 4.71. The van der Waals surface area contributed by atoms with Crippen molar-refractivity contribution in [2.24, 2.45) is 0 Å². The predicted molar refractivity (Wildman–Crippen MR) is 68.1 cm³/mol. The van der Waals surface area contributed by atoms with Crippen LogP contribution in [0.1, 0.15) is 21.7 Å². The van der Waals surface area contributed by atoms with Gasteiger partial charge < -0.3 is 9.84 Å². The molecule has 1 aromatic heterocycles. The van der Waals surface area contributed by atoms with Crippen LogP contribution >= 0.6 is 15.9 Å². The summed E-state index contributed by atoms with van der Waals surface area (Å²) in [7, 11) is 0. The van der Waals surface area contributed by atoms with Gasteiger partial charge in [-0.2, -0.15) is 0 Å². The lowest BCUT2D eigenvalue weighted by Gasteiger charge is -2.04. The van der Waals surface area contributed by atoms with Gasteiger partial charge >= 0.3 is 0 Å². The molecule has 1 aromatic carbocycles. The van der Waals surface area contributed by atoms with Crippen molar-refractivity contribution in [1.82, 2.24) is 5.16 Å².